The predicted molar refractivity (Wildman–Crippen MR) is 49.5 cm³/mol. The third-order valence-electron chi connectivity index (χ3n) is 0.789. The molecule has 0 aliphatic heterocycles. The Labute approximate surface area is 82.3 Å². The summed E-state index contributed by atoms with van der Waals surface area (Å²) in [7, 11) is 0. The molecule has 0 unspecified atom stereocenters. The van der Waals surface area contributed by atoms with Crippen LogP contribution in [0.3, 0.4) is 0 Å². The Morgan fingerprint density at radius 1 is 1.50 bits per heavy atom. The second kappa shape index (κ2) is 11.4. The summed E-state index contributed by atoms with van der Waals surface area (Å²) >= 11 is 0. The van der Waals surface area contributed by atoms with E-state index in [2.05, 4.69) is 21.8 Å². The maximum Gasteiger partial charge on any atom is 0.404 e. The van der Waals surface area contributed by atoms with E-state index in [-0.39, 0.29) is 13.2 Å². The molecule has 0 fully saturated rings. The Hall–Kier alpha value is -1.56. The van der Waals surface area contributed by atoms with Gasteiger partial charge in [-0.2, -0.15) is 0 Å². The zero-order chi connectivity index (χ0) is 11.4. The van der Waals surface area contributed by atoms with Gasteiger partial charge in [0, 0.05) is 6.08 Å². The summed E-state index contributed by atoms with van der Waals surface area (Å²) in [5.74, 6) is -0.501. The lowest BCUT2D eigenvalue weighted by atomic mass is 10.6. The van der Waals surface area contributed by atoms with E-state index in [0.717, 1.165) is 6.08 Å². The smallest absolute Gasteiger partial charge is 0.404 e. The zero-order valence-electron chi connectivity index (χ0n) is 8.06. The summed E-state index contributed by atoms with van der Waals surface area (Å²) in [6.45, 7) is 5.12. The van der Waals surface area contributed by atoms with E-state index in [0.29, 0.717) is 6.61 Å². The lowest BCUT2D eigenvalue weighted by Crippen LogP contribution is -2.11. The highest BCUT2D eigenvalue weighted by Gasteiger charge is 1.90. The van der Waals surface area contributed by atoms with Crippen LogP contribution in [0.15, 0.2) is 12.7 Å². The first-order valence-electron chi connectivity index (χ1n) is 3.90. The quantitative estimate of drug-likeness (QED) is 0.489. The standard InChI is InChI=1S/C5H8O3.C3H7NO2/c1-2-5(7)8-4-3-6;1-2-6-3(4)5/h2,6H,1,3-4H2;2H2,1H3,(H2,4,5). The minimum atomic E-state index is -0.711. The molecule has 82 valence electrons. The number of ether oxygens (including phenoxy) is 2. The number of carbonyl (C=O) groups is 2. The van der Waals surface area contributed by atoms with Crippen LogP contribution in [0.25, 0.3) is 0 Å². The normalized spacial score (nSPS) is 7.86. The minimum Gasteiger partial charge on any atom is -0.460 e. The fourth-order valence-electron chi connectivity index (χ4n) is 0.347. The summed E-state index contributed by atoms with van der Waals surface area (Å²) in [5, 5.41) is 8.10. The molecule has 0 aliphatic rings. The highest BCUT2D eigenvalue weighted by Crippen LogP contribution is 1.75. The molecule has 0 spiro atoms. The lowest BCUT2D eigenvalue weighted by molar-refractivity contribution is -0.138. The Bertz CT molecular complexity index is 181. The van der Waals surface area contributed by atoms with Gasteiger partial charge < -0.3 is 20.3 Å². The molecule has 3 N–H and O–H groups in total. The SMILES string of the molecule is C=CC(=O)OCCO.CCOC(N)=O. The number of aliphatic hydroxyl groups excluding tert-OH is 1. The van der Waals surface area contributed by atoms with Gasteiger partial charge in [-0.3, -0.25) is 0 Å². The van der Waals surface area contributed by atoms with Crippen LogP contribution in [0.5, 0.6) is 0 Å². The monoisotopic (exact) mass is 205 g/mol. The first-order valence-corrected chi connectivity index (χ1v) is 3.90. The van der Waals surface area contributed by atoms with Gasteiger partial charge in [-0.1, -0.05) is 6.58 Å². The number of amides is 1. The molecule has 0 aromatic rings. The fourth-order valence-corrected chi connectivity index (χ4v) is 0.347. The average molecular weight is 205 g/mol. The second-order valence-corrected chi connectivity index (χ2v) is 1.85. The number of hydrogen-bond acceptors (Lipinski definition) is 5. The van der Waals surface area contributed by atoms with E-state index in [1.807, 2.05) is 0 Å². The molecule has 14 heavy (non-hydrogen) atoms. The first kappa shape index (κ1) is 14.9. The Morgan fingerprint density at radius 2 is 2.07 bits per heavy atom. The van der Waals surface area contributed by atoms with Crippen molar-refractivity contribution in [3.05, 3.63) is 12.7 Å². The lowest BCUT2D eigenvalue weighted by Gasteiger charge is -1.94. The van der Waals surface area contributed by atoms with Crippen molar-refractivity contribution >= 4 is 12.1 Å². The van der Waals surface area contributed by atoms with Crippen LogP contribution in [0, 0.1) is 0 Å². The van der Waals surface area contributed by atoms with Gasteiger partial charge in [0.1, 0.15) is 6.61 Å². The molecule has 0 atom stereocenters. The van der Waals surface area contributed by atoms with Crippen LogP contribution in [0.4, 0.5) is 4.79 Å². The van der Waals surface area contributed by atoms with Crippen molar-refractivity contribution in [3.63, 3.8) is 0 Å². The third-order valence-corrected chi connectivity index (χ3v) is 0.789. The number of rotatable bonds is 4. The van der Waals surface area contributed by atoms with Gasteiger partial charge in [0.05, 0.1) is 13.2 Å². The Kier molecular flexibility index (Phi) is 12.2. The molecular formula is C8H15NO5. The van der Waals surface area contributed by atoms with E-state index in [9.17, 15) is 9.59 Å². The third kappa shape index (κ3) is 16.8. The van der Waals surface area contributed by atoms with Gasteiger partial charge in [-0.15, -0.1) is 0 Å². The van der Waals surface area contributed by atoms with Crippen LogP contribution < -0.4 is 5.73 Å². The summed E-state index contributed by atoms with van der Waals surface area (Å²) in [6, 6.07) is 0. The minimum absolute atomic E-state index is 0.0465. The summed E-state index contributed by atoms with van der Waals surface area (Å²) < 4.78 is 8.51. The number of carbonyl (C=O) groups excluding carboxylic acids is 2. The average Bonchev–Trinajstić information content (AvgIpc) is 2.15. The molecule has 0 heterocycles. The van der Waals surface area contributed by atoms with Crippen molar-refractivity contribution in [2.24, 2.45) is 5.73 Å². The van der Waals surface area contributed by atoms with Gasteiger partial charge >= 0.3 is 12.1 Å². The summed E-state index contributed by atoms with van der Waals surface area (Å²) in [4.78, 5) is 19.7. The van der Waals surface area contributed by atoms with E-state index in [4.69, 9.17) is 5.11 Å². The molecule has 0 saturated carbocycles. The number of nitrogens with two attached hydrogens (primary N) is 1. The van der Waals surface area contributed by atoms with Crippen LogP contribution in [-0.2, 0) is 14.3 Å². The molecule has 6 heteroatoms. The molecular weight excluding hydrogens is 190 g/mol. The topological polar surface area (TPSA) is 98.8 Å². The van der Waals surface area contributed by atoms with Crippen LogP contribution in [0.2, 0.25) is 0 Å². The first-order chi connectivity index (χ1) is 6.58. The molecule has 0 radical (unpaired) electrons. The molecule has 6 nitrogen and oxygen atoms in total. The van der Waals surface area contributed by atoms with Gasteiger partial charge in [-0.25, -0.2) is 9.59 Å². The molecule has 0 bridgehead atoms. The van der Waals surface area contributed by atoms with Gasteiger partial charge in [0.15, 0.2) is 0 Å². The molecule has 1 amide bonds. The molecule has 0 aromatic heterocycles. The van der Waals surface area contributed by atoms with Crippen molar-refractivity contribution in [2.45, 2.75) is 6.92 Å². The van der Waals surface area contributed by atoms with Crippen LogP contribution >= 0.6 is 0 Å². The zero-order valence-corrected chi connectivity index (χ0v) is 8.06. The molecule has 0 aromatic carbocycles. The predicted octanol–water partition coefficient (Wildman–Crippen LogP) is -0.191. The molecule has 0 rings (SSSR count). The van der Waals surface area contributed by atoms with Crippen molar-refractivity contribution in [1.29, 1.82) is 0 Å². The maximum absolute atomic E-state index is 10.1. The second-order valence-electron chi connectivity index (χ2n) is 1.85. The molecule has 0 saturated heterocycles. The number of primary amides is 1. The largest absolute Gasteiger partial charge is 0.460 e. The van der Waals surface area contributed by atoms with E-state index >= 15 is 0 Å². The number of aliphatic hydroxyl groups is 1. The molecule has 0 aliphatic carbocycles. The highest BCUT2D eigenvalue weighted by molar-refractivity contribution is 5.81. The van der Waals surface area contributed by atoms with E-state index in [1.165, 1.54) is 0 Å². The number of hydrogen-bond donors (Lipinski definition) is 2. The Balaban J connectivity index is 0. The van der Waals surface area contributed by atoms with E-state index in [1.54, 1.807) is 6.92 Å². The van der Waals surface area contributed by atoms with Crippen molar-refractivity contribution in [3.8, 4) is 0 Å². The van der Waals surface area contributed by atoms with Gasteiger partial charge in [0.2, 0.25) is 0 Å². The highest BCUT2D eigenvalue weighted by atomic mass is 16.5. The van der Waals surface area contributed by atoms with Crippen molar-refractivity contribution < 1.29 is 24.2 Å². The summed E-state index contributed by atoms with van der Waals surface area (Å²) in [5.41, 5.74) is 4.54. The van der Waals surface area contributed by atoms with Crippen LogP contribution in [0.1, 0.15) is 6.92 Å². The summed E-state index contributed by atoms with van der Waals surface area (Å²) in [6.07, 6.45) is 0.341. The van der Waals surface area contributed by atoms with E-state index < -0.39 is 12.1 Å². The van der Waals surface area contributed by atoms with Gasteiger partial charge in [-0.05, 0) is 6.92 Å². The van der Waals surface area contributed by atoms with Crippen molar-refractivity contribution in [1.82, 2.24) is 0 Å². The maximum atomic E-state index is 10.1. The Morgan fingerprint density at radius 3 is 2.29 bits per heavy atom. The fraction of sp³-hybridized carbons (Fsp3) is 0.500. The van der Waals surface area contributed by atoms with Crippen molar-refractivity contribution in [2.75, 3.05) is 19.8 Å². The van der Waals surface area contributed by atoms with Crippen LogP contribution in [-0.4, -0.2) is 37.0 Å². The number of esters is 1. The van der Waals surface area contributed by atoms with Gasteiger partial charge in [0.25, 0.3) is 0 Å².